The van der Waals surface area contributed by atoms with Gasteiger partial charge in [0.2, 0.25) is 0 Å². The van der Waals surface area contributed by atoms with E-state index in [1.165, 1.54) is 17.3 Å². The maximum Gasteiger partial charge on any atom is 0.341 e. The molecule has 142 valence electrons. The van der Waals surface area contributed by atoms with E-state index in [0.717, 1.165) is 30.8 Å². The molecule has 0 radical (unpaired) electrons. The largest absolute Gasteiger partial charge is 0.452 e. The van der Waals surface area contributed by atoms with E-state index >= 15 is 0 Å². The van der Waals surface area contributed by atoms with E-state index < -0.39 is 5.97 Å². The number of rotatable bonds is 5. The highest BCUT2D eigenvalue weighted by Gasteiger charge is 2.23. The normalized spacial score (nSPS) is 16.8. The molecule has 0 aliphatic carbocycles. The zero-order valence-electron chi connectivity index (χ0n) is 15.7. The molecule has 5 nitrogen and oxygen atoms in total. The van der Waals surface area contributed by atoms with E-state index in [1.54, 1.807) is 23.2 Å². The number of esters is 1. The van der Waals surface area contributed by atoms with Gasteiger partial charge in [0.1, 0.15) is 5.03 Å². The van der Waals surface area contributed by atoms with Crippen LogP contribution in [0.5, 0.6) is 0 Å². The first-order valence-corrected chi connectivity index (χ1v) is 9.99. The summed E-state index contributed by atoms with van der Waals surface area (Å²) in [4.78, 5) is 31.9. The molecule has 1 amide bonds. The van der Waals surface area contributed by atoms with Crippen LogP contribution in [0.4, 0.5) is 0 Å². The van der Waals surface area contributed by atoms with Crippen molar-refractivity contribution in [3.8, 4) is 0 Å². The molecule has 0 spiro atoms. The van der Waals surface area contributed by atoms with Gasteiger partial charge in [0.05, 0.1) is 5.56 Å². The second kappa shape index (κ2) is 9.04. The van der Waals surface area contributed by atoms with E-state index in [1.807, 2.05) is 31.2 Å². The van der Waals surface area contributed by atoms with Crippen molar-refractivity contribution < 1.29 is 14.3 Å². The van der Waals surface area contributed by atoms with Crippen LogP contribution in [0, 0.1) is 12.8 Å². The summed E-state index contributed by atoms with van der Waals surface area (Å²) in [5.41, 5.74) is 1.55. The molecule has 0 N–H and O–H groups in total. The van der Waals surface area contributed by atoms with E-state index in [2.05, 4.69) is 11.9 Å². The summed E-state index contributed by atoms with van der Waals surface area (Å²) in [5.74, 6) is -0.156. The number of hydrogen-bond donors (Lipinski definition) is 0. The van der Waals surface area contributed by atoms with Gasteiger partial charge in [-0.05, 0) is 49.9 Å². The van der Waals surface area contributed by atoms with Crippen LogP contribution in [-0.2, 0) is 9.53 Å². The Morgan fingerprint density at radius 3 is 2.78 bits per heavy atom. The molecule has 3 rings (SSSR count). The summed E-state index contributed by atoms with van der Waals surface area (Å²) in [6, 6.07) is 11.4. The van der Waals surface area contributed by atoms with Crippen LogP contribution in [0.15, 0.2) is 52.5 Å². The smallest absolute Gasteiger partial charge is 0.341 e. The third-order valence-corrected chi connectivity index (χ3v) is 5.59. The zero-order valence-corrected chi connectivity index (χ0v) is 16.5. The van der Waals surface area contributed by atoms with Crippen LogP contribution in [0.3, 0.4) is 0 Å². The predicted octanol–water partition coefficient (Wildman–Crippen LogP) is 3.96. The highest BCUT2D eigenvalue weighted by molar-refractivity contribution is 7.99. The van der Waals surface area contributed by atoms with Crippen molar-refractivity contribution in [3.63, 3.8) is 0 Å². The molecule has 0 bridgehead atoms. The van der Waals surface area contributed by atoms with E-state index in [9.17, 15) is 9.59 Å². The number of carbonyl (C=O) groups is 2. The van der Waals surface area contributed by atoms with Gasteiger partial charge in [-0.15, -0.1) is 0 Å². The minimum Gasteiger partial charge on any atom is -0.452 e. The Morgan fingerprint density at radius 1 is 1.26 bits per heavy atom. The number of hydrogen-bond acceptors (Lipinski definition) is 5. The van der Waals surface area contributed by atoms with E-state index in [-0.39, 0.29) is 12.5 Å². The fourth-order valence-electron chi connectivity index (χ4n) is 3.06. The van der Waals surface area contributed by atoms with Crippen molar-refractivity contribution in [2.75, 3.05) is 19.7 Å². The fraction of sp³-hybridized carbons (Fsp3) is 0.381. The summed E-state index contributed by atoms with van der Waals surface area (Å²) < 4.78 is 5.29. The van der Waals surface area contributed by atoms with Crippen molar-refractivity contribution in [3.05, 3.63) is 53.7 Å². The minimum atomic E-state index is -0.517. The van der Waals surface area contributed by atoms with Gasteiger partial charge in [0, 0.05) is 24.2 Å². The first-order valence-electron chi connectivity index (χ1n) is 9.17. The van der Waals surface area contributed by atoms with Crippen LogP contribution in [-0.4, -0.2) is 41.5 Å². The molecule has 1 aliphatic rings. The molecule has 1 saturated heterocycles. The standard InChI is InChI=1S/C21H24N2O3S/c1-15-7-9-17(10-8-15)27-20-18(6-3-11-22-20)21(25)26-14-19(24)23-12-4-5-16(2)13-23/h3,6-11,16H,4-5,12-14H2,1-2H3/t16-/m1/s1. The number of carbonyl (C=O) groups excluding carboxylic acids is 2. The van der Waals surface area contributed by atoms with Gasteiger partial charge in [-0.3, -0.25) is 4.79 Å². The summed E-state index contributed by atoms with van der Waals surface area (Å²) in [5, 5.41) is 0.574. The third kappa shape index (κ3) is 5.32. The Balaban J connectivity index is 1.63. The highest BCUT2D eigenvalue weighted by atomic mass is 32.2. The number of pyridine rings is 1. The molecular formula is C21H24N2O3S. The summed E-state index contributed by atoms with van der Waals surface area (Å²) >= 11 is 1.41. The van der Waals surface area contributed by atoms with Crippen molar-refractivity contribution in [1.82, 2.24) is 9.88 Å². The Hall–Kier alpha value is -2.34. The average molecular weight is 385 g/mol. The summed E-state index contributed by atoms with van der Waals surface area (Å²) in [6.45, 7) is 5.41. The minimum absolute atomic E-state index is 0.133. The molecule has 1 aliphatic heterocycles. The molecule has 1 aromatic carbocycles. The lowest BCUT2D eigenvalue weighted by atomic mass is 10.0. The second-order valence-electron chi connectivity index (χ2n) is 6.93. The van der Waals surface area contributed by atoms with Crippen LogP contribution in [0.25, 0.3) is 0 Å². The van der Waals surface area contributed by atoms with Crippen LogP contribution >= 0.6 is 11.8 Å². The fourth-order valence-corrected chi connectivity index (χ4v) is 3.93. The van der Waals surface area contributed by atoms with Crippen LogP contribution in [0.1, 0.15) is 35.7 Å². The summed E-state index contributed by atoms with van der Waals surface area (Å²) in [7, 11) is 0. The SMILES string of the molecule is Cc1ccc(Sc2ncccc2C(=O)OCC(=O)N2CCC[C@@H](C)C2)cc1. The number of likely N-dealkylation sites (tertiary alicyclic amines) is 1. The first kappa shape index (κ1) is 19.4. The number of aryl methyl sites for hydroxylation is 1. The number of benzene rings is 1. The number of nitrogens with zero attached hydrogens (tertiary/aromatic N) is 2. The lowest BCUT2D eigenvalue weighted by Gasteiger charge is -2.30. The molecule has 2 heterocycles. The Kier molecular flexibility index (Phi) is 6.50. The lowest BCUT2D eigenvalue weighted by molar-refractivity contribution is -0.136. The molecule has 1 fully saturated rings. The molecule has 6 heteroatoms. The van der Waals surface area contributed by atoms with Crippen molar-refractivity contribution >= 4 is 23.6 Å². The molecule has 1 aromatic heterocycles. The average Bonchev–Trinajstić information content (AvgIpc) is 2.68. The first-order chi connectivity index (χ1) is 13.0. The van der Waals surface area contributed by atoms with Crippen molar-refractivity contribution in [2.45, 2.75) is 36.6 Å². The summed E-state index contributed by atoms with van der Waals surface area (Å²) in [6.07, 6.45) is 3.78. The monoisotopic (exact) mass is 384 g/mol. The van der Waals surface area contributed by atoms with Gasteiger partial charge < -0.3 is 9.64 Å². The number of aromatic nitrogens is 1. The third-order valence-electron chi connectivity index (χ3n) is 4.56. The second-order valence-corrected chi connectivity index (χ2v) is 8.00. The Bertz CT molecular complexity index is 807. The van der Waals surface area contributed by atoms with E-state index in [4.69, 9.17) is 4.74 Å². The topological polar surface area (TPSA) is 59.5 Å². The van der Waals surface area contributed by atoms with Gasteiger partial charge in [0.25, 0.3) is 5.91 Å². The highest BCUT2D eigenvalue weighted by Crippen LogP contribution is 2.29. The van der Waals surface area contributed by atoms with Crippen molar-refractivity contribution in [1.29, 1.82) is 0 Å². The molecule has 27 heavy (non-hydrogen) atoms. The molecule has 2 aromatic rings. The van der Waals surface area contributed by atoms with Crippen LogP contribution in [0.2, 0.25) is 0 Å². The molecule has 0 unspecified atom stereocenters. The Labute approximate surface area is 164 Å². The molecule has 1 atom stereocenters. The van der Waals surface area contributed by atoms with E-state index in [0.29, 0.717) is 16.5 Å². The lowest BCUT2D eigenvalue weighted by Crippen LogP contribution is -2.41. The zero-order chi connectivity index (χ0) is 19.2. The van der Waals surface area contributed by atoms with Gasteiger partial charge in [-0.25, -0.2) is 9.78 Å². The van der Waals surface area contributed by atoms with Gasteiger partial charge in [-0.1, -0.05) is 36.4 Å². The van der Waals surface area contributed by atoms with Crippen LogP contribution < -0.4 is 0 Å². The number of amides is 1. The van der Waals surface area contributed by atoms with Gasteiger partial charge in [-0.2, -0.15) is 0 Å². The maximum absolute atomic E-state index is 12.5. The Morgan fingerprint density at radius 2 is 2.04 bits per heavy atom. The number of piperidine rings is 1. The van der Waals surface area contributed by atoms with Crippen molar-refractivity contribution in [2.24, 2.45) is 5.92 Å². The van der Waals surface area contributed by atoms with Gasteiger partial charge >= 0.3 is 5.97 Å². The maximum atomic E-state index is 12.5. The van der Waals surface area contributed by atoms with Gasteiger partial charge in [0.15, 0.2) is 6.61 Å². The predicted molar refractivity (Wildman–Crippen MR) is 105 cm³/mol. The molecule has 0 saturated carbocycles. The quantitative estimate of drug-likeness (QED) is 0.731. The number of ether oxygens (including phenoxy) is 1. The molecular weight excluding hydrogens is 360 g/mol.